The van der Waals surface area contributed by atoms with Gasteiger partial charge in [-0.25, -0.2) is 0 Å². The minimum absolute atomic E-state index is 0.0746. The molecule has 3 nitrogen and oxygen atoms in total. The molecule has 0 radical (unpaired) electrons. The van der Waals surface area contributed by atoms with Gasteiger partial charge in [0.1, 0.15) is 0 Å². The van der Waals surface area contributed by atoms with Gasteiger partial charge in [0, 0.05) is 30.1 Å². The van der Waals surface area contributed by atoms with Crippen molar-refractivity contribution < 1.29 is 0 Å². The highest BCUT2D eigenvalue weighted by Gasteiger charge is 2.04. The average Bonchev–Trinajstić information content (AvgIpc) is 2.04. The number of aromatic nitrogens is 1. The molecular weight excluding hydrogens is 140 g/mol. The first-order valence-electron chi connectivity index (χ1n) is 3.60. The van der Waals surface area contributed by atoms with Crippen LogP contribution in [-0.4, -0.2) is 12.0 Å². The fourth-order valence-corrected chi connectivity index (χ4v) is 0.923. The van der Waals surface area contributed by atoms with Crippen LogP contribution < -0.4 is 10.7 Å². The van der Waals surface area contributed by atoms with Gasteiger partial charge in [0.2, 0.25) is 0 Å². The van der Waals surface area contributed by atoms with Crippen LogP contribution in [0.4, 0.5) is 0 Å². The SMILES string of the molecule is CN[C@H](C)c1c[nH]ccc1=O. The molecule has 1 rings (SSSR count). The first kappa shape index (κ1) is 8.01. The standard InChI is InChI=1S/C8H12N2O/c1-6(9-2)7-5-10-4-3-8(7)11/h3-6,9H,1-2H3,(H,10,11)/t6-/m1/s1. The lowest BCUT2D eigenvalue weighted by Crippen LogP contribution is -2.20. The van der Waals surface area contributed by atoms with Crippen LogP contribution in [0, 0.1) is 0 Å². The van der Waals surface area contributed by atoms with E-state index in [0.29, 0.717) is 0 Å². The molecule has 0 saturated carbocycles. The van der Waals surface area contributed by atoms with E-state index < -0.39 is 0 Å². The van der Waals surface area contributed by atoms with Crippen molar-refractivity contribution >= 4 is 0 Å². The third-order valence-corrected chi connectivity index (χ3v) is 1.75. The largest absolute Gasteiger partial charge is 0.367 e. The van der Waals surface area contributed by atoms with E-state index >= 15 is 0 Å². The van der Waals surface area contributed by atoms with E-state index in [0.717, 1.165) is 5.56 Å². The zero-order valence-corrected chi connectivity index (χ0v) is 6.72. The third-order valence-electron chi connectivity index (χ3n) is 1.75. The Morgan fingerprint density at radius 3 is 2.91 bits per heavy atom. The molecule has 0 saturated heterocycles. The van der Waals surface area contributed by atoms with Crippen molar-refractivity contribution in [3.8, 4) is 0 Å². The van der Waals surface area contributed by atoms with Crippen molar-refractivity contribution in [2.24, 2.45) is 0 Å². The van der Waals surface area contributed by atoms with Gasteiger partial charge in [-0.05, 0) is 14.0 Å². The fraction of sp³-hybridized carbons (Fsp3) is 0.375. The Bertz CT molecular complexity index is 279. The summed E-state index contributed by atoms with van der Waals surface area (Å²) in [5, 5.41) is 3.00. The lowest BCUT2D eigenvalue weighted by molar-refractivity contribution is 0.645. The van der Waals surface area contributed by atoms with E-state index in [2.05, 4.69) is 10.3 Å². The summed E-state index contributed by atoms with van der Waals surface area (Å²) < 4.78 is 0. The molecule has 11 heavy (non-hydrogen) atoms. The van der Waals surface area contributed by atoms with Crippen LogP contribution in [0.1, 0.15) is 18.5 Å². The predicted molar refractivity (Wildman–Crippen MR) is 44.5 cm³/mol. The molecule has 3 heteroatoms. The molecule has 0 aromatic carbocycles. The first-order valence-corrected chi connectivity index (χ1v) is 3.60. The van der Waals surface area contributed by atoms with E-state index in [1.54, 1.807) is 12.4 Å². The summed E-state index contributed by atoms with van der Waals surface area (Å²) in [6.45, 7) is 1.95. The highest BCUT2D eigenvalue weighted by molar-refractivity contribution is 5.12. The number of H-pyrrole nitrogens is 1. The molecule has 0 bridgehead atoms. The highest BCUT2D eigenvalue weighted by atomic mass is 16.1. The van der Waals surface area contributed by atoms with Crippen molar-refractivity contribution in [2.75, 3.05) is 7.05 Å². The molecular formula is C8H12N2O. The number of nitrogens with one attached hydrogen (secondary N) is 2. The van der Waals surface area contributed by atoms with E-state index in [1.165, 1.54) is 6.07 Å². The topological polar surface area (TPSA) is 44.9 Å². The number of aromatic amines is 1. The molecule has 0 aliphatic heterocycles. The zero-order valence-electron chi connectivity index (χ0n) is 6.72. The van der Waals surface area contributed by atoms with Gasteiger partial charge in [0.05, 0.1) is 0 Å². The molecule has 1 heterocycles. The van der Waals surface area contributed by atoms with Crippen molar-refractivity contribution in [3.05, 3.63) is 34.2 Å². The van der Waals surface area contributed by atoms with Crippen LogP contribution in [0.5, 0.6) is 0 Å². The summed E-state index contributed by atoms with van der Waals surface area (Å²) in [6, 6.07) is 1.64. The van der Waals surface area contributed by atoms with Gasteiger partial charge in [0.25, 0.3) is 0 Å². The fourth-order valence-electron chi connectivity index (χ4n) is 0.923. The number of hydrogen-bond acceptors (Lipinski definition) is 2. The van der Waals surface area contributed by atoms with Crippen LogP contribution in [0.3, 0.4) is 0 Å². The van der Waals surface area contributed by atoms with E-state index in [1.807, 2.05) is 14.0 Å². The van der Waals surface area contributed by atoms with Gasteiger partial charge in [-0.1, -0.05) is 0 Å². The van der Waals surface area contributed by atoms with Crippen LogP contribution in [0.2, 0.25) is 0 Å². The molecule has 1 aromatic heterocycles. The lowest BCUT2D eigenvalue weighted by atomic mass is 10.1. The summed E-state index contributed by atoms with van der Waals surface area (Å²) in [4.78, 5) is 14.0. The summed E-state index contributed by atoms with van der Waals surface area (Å²) in [5.74, 6) is 0. The average molecular weight is 152 g/mol. The van der Waals surface area contributed by atoms with Gasteiger partial charge in [-0.3, -0.25) is 4.79 Å². The maximum atomic E-state index is 11.2. The molecule has 60 valence electrons. The van der Waals surface area contributed by atoms with Crippen molar-refractivity contribution in [1.82, 2.24) is 10.3 Å². The molecule has 0 fully saturated rings. The van der Waals surface area contributed by atoms with Crippen LogP contribution in [0.15, 0.2) is 23.3 Å². The Balaban J connectivity index is 3.03. The Kier molecular flexibility index (Phi) is 2.44. The monoisotopic (exact) mass is 152 g/mol. The summed E-state index contributed by atoms with van der Waals surface area (Å²) in [7, 11) is 1.83. The molecule has 0 aliphatic rings. The second kappa shape index (κ2) is 3.34. The first-order chi connectivity index (χ1) is 5.25. The van der Waals surface area contributed by atoms with Crippen LogP contribution in [-0.2, 0) is 0 Å². The summed E-state index contributed by atoms with van der Waals surface area (Å²) in [5.41, 5.74) is 0.848. The van der Waals surface area contributed by atoms with Crippen molar-refractivity contribution in [3.63, 3.8) is 0 Å². The Morgan fingerprint density at radius 2 is 2.36 bits per heavy atom. The quantitative estimate of drug-likeness (QED) is 0.653. The number of hydrogen-bond donors (Lipinski definition) is 2. The maximum Gasteiger partial charge on any atom is 0.186 e. The van der Waals surface area contributed by atoms with E-state index in [4.69, 9.17) is 0 Å². The second-order valence-corrected chi connectivity index (χ2v) is 2.47. The predicted octanol–water partition coefficient (Wildman–Crippen LogP) is 0.655. The normalized spacial score (nSPS) is 12.9. The maximum absolute atomic E-state index is 11.2. The van der Waals surface area contributed by atoms with Crippen molar-refractivity contribution in [1.29, 1.82) is 0 Å². The van der Waals surface area contributed by atoms with Gasteiger partial charge < -0.3 is 10.3 Å². The molecule has 1 aromatic rings. The lowest BCUT2D eigenvalue weighted by Gasteiger charge is -2.07. The summed E-state index contributed by atoms with van der Waals surface area (Å²) in [6.07, 6.45) is 3.36. The summed E-state index contributed by atoms with van der Waals surface area (Å²) >= 11 is 0. The number of rotatable bonds is 2. The van der Waals surface area contributed by atoms with Gasteiger partial charge in [-0.2, -0.15) is 0 Å². The minimum Gasteiger partial charge on any atom is -0.367 e. The molecule has 0 spiro atoms. The highest BCUT2D eigenvalue weighted by Crippen LogP contribution is 2.02. The van der Waals surface area contributed by atoms with Gasteiger partial charge in [-0.15, -0.1) is 0 Å². The van der Waals surface area contributed by atoms with Crippen LogP contribution in [0.25, 0.3) is 0 Å². The smallest absolute Gasteiger partial charge is 0.186 e. The molecule has 1 atom stereocenters. The third kappa shape index (κ3) is 1.68. The van der Waals surface area contributed by atoms with E-state index in [-0.39, 0.29) is 11.5 Å². The Morgan fingerprint density at radius 1 is 1.64 bits per heavy atom. The van der Waals surface area contributed by atoms with Gasteiger partial charge in [0.15, 0.2) is 5.43 Å². The Labute approximate surface area is 65.5 Å². The molecule has 0 aliphatic carbocycles. The molecule has 0 amide bonds. The van der Waals surface area contributed by atoms with Gasteiger partial charge >= 0.3 is 0 Å². The molecule has 0 unspecified atom stereocenters. The number of pyridine rings is 1. The minimum atomic E-state index is 0.0746. The second-order valence-electron chi connectivity index (χ2n) is 2.47. The zero-order chi connectivity index (χ0) is 8.27. The van der Waals surface area contributed by atoms with Crippen molar-refractivity contribution in [2.45, 2.75) is 13.0 Å². The molecule has 2 N–H and O–H groups in total. The van der Waals surface area contributed by atoms with E-state index in [9.17, 15) is 4.79 Å². The van der Waals surface area contributed by atoms with Crippen LogP contribution >= 0.6 is 0 Å². The Hall–Kier alpha value is -1.09.